The van der Waals surface area contributed by atoms with Crippen LogP contribution < -0.4 is 15.8 Å². The molecule has 0 atom stereocenters. The maximum absolute atomic E-state index is 5.95. The summed E-state index contributed by atoms with van der Waals surface area (Å²) in [5, 5.41) is 3.67. The Morgan fingerprint density at radius 2 is 2.11 bits per heavy atom. The molecule has 0 unspecified atom stereocenters. The summed E-state index contributed by atoms with van der Waals surface area (Å²) >= 11 is 5.95. The molecule has 2 rings (SSSR count). The van der Waals surface area contributed by atoms with Crippen LogP contribution in [-0.2, 0) is 0 Å². The Labute approximate surface area is 116 Å². The van der Waals surface area contributed by atoms with Gasteiger partial charge in [-0.1, -0.05) is 17.7 Å². The molecule has 5 nitrogen and oxygen atoms in total. The molecule has 0 radical (unpaired) electrons. The number of anilines is 2. The van der Waals surface area contributed by atoms with Crippen molar-refractivity contribution in [1.29, 1.82) is 0 Å². The molecule has 0 saturated carbocycles. The van der Waals surface area contributed by atoms with Gasteiger partial charge in [0, 0.05) is 17.6 Å². The molecule has 2 aromatic rings. The Hall–Kier alpha value is -2.01. The van der Waals surface area contributed by atoms with Crippen LogP contribution in [0.25, 0.3) is 0 Å². The topological polar surface area (TPSA) is 73.1 Å². The molecule has 0 aliphatic heterocycles. The third kappa shape index (κ3) is 3.48. The third-order valence-electron chi connectivity index (χ3n) is 2.44. The third-order valence-corrected chi connectivity index (χ3v) is 2.68. The van der Waals surface area contributed by atoms with Crippen molar-refractivity contribution in [3.63, 3.8) is 0 Å². The molecule has 1 aromatic carbocycles. The quantitative estimate of drug-likeness (QED) is 0.898. The highest BCUT2D eigenvalue weighted by molar-refractivity contribution is 6.30. The molecule has 0 amide bonds. The van der Waals surface area contributed by atoms with E-state index in [1.165, 1.54) is 0 Å². The van der Waals surface area contributed by atoms with Gasteiger partial charge in [0.15, 0.2) is 0 Å². The Kier molecular flexibility index (Phi) is 4.06. The van der Waals surface area contributed by atoms with Gasteiger partial charge < -0.3 is 15.8 Å². The molecule has 0 saturated heterocycles. The number of hydrogen-bond donors (Lipinski definition) is 2. The number of rotatable bonds is 4. The van der Waals surface area contributed by atoms with E-state index in [9.17, 15) is 0 Å². The Morgan fingerprint density at radius 3 is 2.84 bits per heavy atom. The maximum Gasteiger partial charge on any atom is 0.226 e. The zero-order valence-corrected chi connectivity index (χ0v) is 11.5. The summed E-state index contributed by atoms with van der Waals surface area (Å²) in [6.07, 6.45) is 0. The highest BCUT2D eigenvalue weighted by Gasteiger charge is 2.07. The first kappa shape index (κ1) is 13.4. The van der Waals surface area contributed by atoms with Gasteiger partial charge in [-0.25, -0.2) is 0 Å². The van der Waals surface area contributed by atoms with E-state index in [0.29, 0.717) is 22.5 Å². The first-order valence-electron chi connectivity index (χ1n) is 5.91. The van der Waals surface area contributed by atoms with Crippen molar-refractivity contribution in [1.82, 2.24) is 9.97 Å². The number of nitrogens with one attached hydrogen (secondary N) is 1. The lowest BCUT2D eigenvalue weighted by atomic mass is 10.2. The number of aryl methyl sites for hydroxylation is 1. The predicted octanol–water partition coefficient (Wildman–Crippen LogP) is 3.24. The molecule has 0 aliphatic carbocycles. The van der Waals surface area contributed by atoms with E-state index in [2.05, 4.69) is 15.3 Å². The van der Waals surface area contributed by atoms with Gasteiger partial charge in [-0.15, -0.1) is 0 Å². The minimum atomic E-state index is 0.160. The number of nitrogens with two attached hydrogens (primary N) is 1. The minimum absolute atomic E-state index is 0.160. The molecule has 3 N–H and O–H groups in total. The number of ether oxygens (including phenoxy) is 1. The van der Waals surface area contributed by atoms with Crippen molar-refractivity contribution in [3.05, 3.63) is 34.9 Å². The summed E-state index contributed by atoms with van der Waals surface area (Å²) in [6, 6.07) is 7.12. The summed E-state index contributed by atoms with van der Waals surface area (Å²) in [6.45, 7) is 4.65. The molecule has 1 heterocycles. The van der Waals surface area contributed by atoms with Crippen LogP contribution in [0, 0.1) is 6.92 Å². The van der Waals surface area contributed by atoms with E-state index in [1.54, 1.807) is 12.1 Å². The van der Waals surface area contributed by atoms with Gasteiger partial charge in [0.25, 0.3) is 0 Å². The van der Waals surface area contributed by atoms with E-state index in [4.69, 9.17) is 22.1 Å². The number of nitrogens with zero attached hydrogens (tertiary/aromatic N) is 2. The van der Waals surface area contributed by atoms with Crippen molar-refractivity contribution in [3.8, 4) is 11.6 Å². The Balaban J connectivity index is 2.29. The van der Waals surface area contributed by atoms with E-state index in [0.717, 1.165) is 12.1 Å². The van der Waals surface area contributed by atoms with Crippen LogP contribution in [0.1, 0.15) is 12.5 Å². The van der Waals surface area contributed by atoms with Gasteiger partial charge in [0.2, 0.25) is 11.8 Å². The van der Waals surface area contributed by atoms with Gasteiger partial charge in [-0.3, -0.25) is 0 Å². The summed E-state index contributed by atoms with van der Waals surface area (Å²) in [5.41, 5.74) is 6.61. The van der Waals surface area contributed by atoms with Gasteiger partial charge in [-0.2, -0.15) is 9.97 Å². The Morgan fingerprint density at radius 1 is 1.32 bits per heavy atom. The van der Waals surface area contributed by atoms with Gasteiger partial charge in [0.1, 0.15) is 11.6 Å². The monoisotopic (exact) mass is 278 g/mol. The zero-order valence-electron chi connectivity index (χ0n) is 10.8. The smallest absolute Gasteiger partial charge is 0.226 e. The molecule has 1 aromatic heterocycles. The fourth-order valence-electron chi connectivity index (χ4n) is 1.56. The summed E-state index contributed by atoms with van der Waals surface area (Å²) in [7, 11) is 0. The normalized spacial score (nSPS) is 10.3. The molecule has 6 heteroatoms. The molecule has 0 bridgehead atoms. The molecule has 0 aliphatic rings. The summed E-state index contributed by atoms with van der Waals surface area (Å²) < 4.78 is 5.70. The zero-order chi connectivity index (χ0) is 13.8. The van der Waals surface area contributed by atoms with Crippen molar-refractivity contribution in [2.75, 3.05) is 17.6 Å². The van der Waals surface area contributed by atoms with Crippen LogP contribution >= 0.6 is 11.6 Å². The van der Waals surface area contributed by atoms with Crippen LogP contribution in [0.15, 0.2) is 24.3 Å². The maximum atomic E-state index is 5.95. The van der Waals surface area contributed by atoms with Crippen LogP contribution in [0.2, 0.25) is 5.02 Å². The number of halogens is 1. The lowest BCUT2D eigenvalue weighted by Crippen LogP contribution is -2.04. The van der Waals surface area contributed by atoms with Crippen molar-refractivity contribution in [2.24, 2.45) is 0 Å². The number of hydrogen-bond acceptors (Lipinski definition) is 5. The summed E-state index contributed by atoms with van der Waals surface area (Å²) in [5.74, 6) is 1.82. The molecular weight excluding hydrogens is 264 g/mol. The summed E-state index contributed by atoms with van der Waals surface area (Å²) in [4.78, 5) is 8.10. The predicted molar refractivity (Wildman–Crippen MR) is 76.9 cm³/mol. The van der Waals surface area contributed by atoms with E-state index >= 15 is 0 Å². The minimum Gasteiger partial charge on any atom is -0.438 e. The number of nitrogen functional groups attached to an aromatic ring is 1. The van der Waals surface area contributed by atoms with Gasteiger partial charge in [0.05, 0.1) is 0 Å². The Bertz CT molecular complexity index is 589. The van der Waals surface area contributed by atoms with Crippen LogP contribution in [-0.4, -0.2) is 16.5 Å². The van der Waals surface area contributed by atoms with Gasteiger partial charge >= 0.3 is 0 Å². The van der Waals surface area contributed by atoms with Crippen LogP contribution in [0.5, 0.6) is 11.6 Å². The van der Waals surface area contributed by atoms with Crippen LogP contribution in [0.4, 0.5) is 11.8 Å². The van der Waals surface area contributed by atoms with E-state index in [-0.39, 0.29) is 5.95 Å². The second-order valence-corrected chi connectivity index (χ2v) is 4.43. The van der Waals surface area contributed by atoms with Crippen molar-refractivity contribution < 1.29 is 4.74 Å². The van der Waals surface area contributed by atoms with E-state index < -0.39 is 0 Å². The first-order valence-corrected chi connectivity index (χ1v) is 6.28. The molecule has 0 spiro atoms. The van der Waals surface area contributed by atoms with Crippen LogP contribution in [0.3, 0.4) is 0 Å². The van der Waals surface area contributed by atoms with E-state index in [1.807, 2.05) is 26.0 Å². The average molecular weight is 279 g/mol. The molecule has 0 fully saturated rings. The molecular formula is C13H15ClN4O. The fourth-order valence-corrected chi connectivity index (χ4v) is 1.73. The lowest BCUT2D eigenvalue weighted by Gasteiger charge is -2.10. The SMILES string of the molecule is CCNc1cc(Oc2cc(Cl)ccc2C)nc(N)n1. The number of aromatic nitrogens is 2. The molecule has 19 heavy (non-hydrogen) atoms. The average Bonchev–Trinajstić information content (AvgIpc) is 2.33. The van der Waals surface area contributed by atoms with Crippen molar-refractivity contribution >= 4 is 23.4 Å². The first-order chi connectivity index (χ1) is 9.08. The number of benzene rings is 1. The highest BCUT2D eigenvalue weighted by atomic mass is 35.5. The fraction of sp³-hybridized carbons (Fsp3) is 0.231. The second-order valence-electron chi connectivity index (χ2n) is 3.99. The second kappa shape index (κ2) is 5.75. The highest BCUT2D eigenvalue weighted by Crippen LogP contribution is 2.28. The lowest BCUT2D eigenvalue weighted by molar-refractivity contribution is 0.459. The standard InChI is InChI=1S/C13H15ClN4O/c1-3-16-11-7-12(18-13(15)17-11)19-10-6-9(14)5-4-8(10)2/h4-7H,3H2,1-2H3,(H3,15,16,17,18). The van der Waals surface area contributed by atoms with Crippen molar-refractivity contribution in [2.45, 2.75) is 13.8 Å². The molecule has 100 valence electrons. The largest absolute Gasteiger partial charge is 0.438 e. The van der Waals surface area contributed by atoms with Gasteiger partial charge in [-0.05, 0) is 31.5 Å².